The summed E-state index contributed by atoms with van der Waals surface area (Å²) in [6.45, 7) is 4.87. The second-order valence-corrected chi connectivity index (χ2v) is 6.43. The Morgan fingerprint density at radius 2 is 2.15 bits per heavy atom. The maximum atomic E-state index is 11.9. The molecule has 2 aliphatic rings. The molecule has 0 aromatic rings. The molecule has 3 N–H and O–H groups in total. The standard InChI is InChI=1S/C14H24N2O4/c1-9-3-4-10(5-9)6-15-13(19)16-11-7-20-8-14(11,2)12(17)18/h9-11H,3-8H2,1-2H3,(H,17,18)(H2,15,16,19). The molecule has 0 bridgehead atoms. The summed E-state index contributed by atoms with van der Waals surface area (Å²) in [6.07, 6.45) is 3.53. The van der Waals surface area contributed by atoms with E-state index in [0.29, 0.717) is 12.5 Å². The van der Waals surface area contributed by atoms with E-state index in [9.17, 15) is 14.7 Å². The maximum absolute atomic E-state index is 11.9. The molecule has 1 aliphatic heterocycles. The Morgan fingerprint density at radius 1 is 1.40 bits per heavy atom. The molecule has 6 heteroatoms. The molecule has 2 amide bonds. The lowest BCUT2D eigenvalue weighted by atomic mass is 9.85. The van der Waals surface area contributed by atoms with Gasteiger partial charge in [-0.2, -0.15) is 0 Å². The van der Waals surface area contributed by atoms with Crippen LogP contribution in [0.5, 0.6) is 0 Å². The van der Waals surface area contributed by atoms with Crippen LogP contribution < -0.4 is 10.6 Å². The highest BCUT2D eigenvalue weighted by molar-refractivity contribution is 5.79. The fraction of sp³-hybridized carbons (Fsp3) is 0.857. The number of rotatable bonds is 4. The molecule has 1 saturated heterocycles. The van der Waals surface area contributed by atoms with Crippen LogP contribution in [0.25, 0.3) is 0 Å². The number of aliphatic carboxylic acids is 1. The second kappa shape index (κ2) is 5.99. The summed E-state index contributed by atoms with van der Waals surface area (Å²) in [7, 11) is 0. The van der Waals surface area contributed by atoms with Gasteiger partial charge in [0.05, 0.1) is 19.3 Å². The number of carboxylic acids is 1. The number of carbonyl (C=O) groups excluding carboxylic acids is 1. The van der Waals surface area contributed by atoms with Gasteiger partial charge in [0.2, 0.25) is 0 Å². The van der Waals surface area contributed by atoms with E-state index < -0.39 is 17.4 Å². The molecule has 1 heterocycles. The van der Waals surface area contributed by atoms with Crippen LogP contribution >= 0.6 is 0 Å². The highest BCUT2D eigenvalue weighted by atomic mass is 16.5. The summed E-state index contributed by atoms with van der Waals surface area (Å²) in [5, 5.41) is 14.8. The Kier molecular flexibility index (Phi) is 4.52. The van der Waals surface area contributed by atoms with E-state index in [0.717, 1.165) is 18.8 Å². The first-order valence-electron chi connectivity index (χ1n) is 7.27. The van der Waals surface area contributed by atoms with Crippen LogP contribution in [0, 0.1) is 17.3 Å². The Balaban J connectivity index is 1.78. The van der Waals surface area contributed by atoms with Crippen LogP contribution in [-0.2, 0) is 9.53 Å². The number of hydrogen-bond acceptors (Lipinski definition) is 3. The minimum atomic E-state index is -1.04. The van der Waals surface area contributed by atoms with Crippen molar-refractivity contribution < 1.29 is 19.4 Å². The molecule has 0 spiro atoms. The molecule has 4 atom stereocenters. The van der Waals surface area contributed by atoms with Gasteiger partial charge in [0.25, 0.3) is 0 Å². The van der Waals surface area contributed by atoms with Crippen molar-refractivity contribution >= 4 is 12.0 Å². The van der Waals surface area contributed by atoms with Crippen molar-refractivity contribution in [1.82, 2.24) is 10.6 Å². The molecule has 2 rings (SSSR count). The van der Waals surface area contributed by atoms with Crippen LogP contribution in [0.15, 0.2) is 0 Å². The van der Waals surface area contributed by atoms with Gasteiger partial charge in [0.15, 0.2) is 0 Å². The second-order valence-electron chi connectivity index (χ2n) is 6.43. The largest absolute Gasteiger partial charge is 0.481 e. The van der Waals surface area contributed by atoms with Crippen molar-refractivity contribution in [3.05, 3.63) is 0 Å². The summed E-state index contributed by atoms with van der Waals surface area (Å²) < 4.78 is 5.20. The Hall–Kier alpha value is -1.30. The average Bonchev–Trinajstić information content (AvgIpc) is 2.95. The number of carbonyl (C=O) groups is 2. The van der Waals surface area contributed by atoms with Crippen molar-refractivity contribution in [3.63, 3.8) is 0 Å². The number of hydrogen-bond donors (Lipinski definition) is 3. The number of ether oxygens (including phenoxy) is 1. The molecule has 0 radical (unpaired) electrons. The highest BCUT2D eigenvalue weighted by Crippen LogP contribution is 2.30. The minimum absolute atomic E-state index is 0.132. The molecular weight excluding hydrogens is 260 g/mol. The van der Waals surface area contributed by atoms with Crippen LogP contribution in [0.1, 0.15) is 33.1 Å². The third-order valence-corrected chi connectivity index (χ3v) is 4.60. The molecule has 6 nitrogen and oxygen atoms in total. The first-order valence-corrected chi connectivity index (χ1v) is 7.27. The Labute approximate surface area is 119 Å². The Morgan fingerprint density at radius 3 is 2.75 bits per heavy atom. The molecule has 20 heavy (non-hydrogen) atoms. The van der Waals surface area contributed by atoms with E-state index >= 15 is 0 Å². The van der Waals surface area contributed by atoms with E-state index in [-0.39, 0.29) is 19.2 Å². The molecule has 2 fully saturated rings. The van der Waals surface area contributed by atoms with Gasteiger partial charge in [-0.05, 0) is 31.6 Å². The summed E-state index contributed by atoms with van der Waals surface area (Å²) in [5.74, 6) is 0.342. The van der Waals surface area contributed by atoms with Gasteiger partial charge in [-0.1, -0.05) is 13.3 Å². The quantitative estimate of drug-likeness (QED) is 0.724. The molecule has 4 unspecified atom stereocenters. The molecular formula is C14H24N2O4. The van der Waals surface area contributed by atoms with Gasteiger partial charge >= 0.3 is 12.0 Å². The van der Waals surface area contributed by atoms with Gasteiger partial charge < -0.3 is 20.5 Å². The first-order chi connectivity index (χ1) is 9.41. The van der Waals surface area contributed by atoms with Gasteiger partial charge in [-0.25, -0.2) is 4.79 Å². The maximum Gasteiger partial charge on any atom is 0.315 e. The Bertz CT molecular complexity index is 387. The minimum Gasteiger partial charge on any atom is -0.481 e. The molecule has 114 valence electrons. The fourth-order valence-electron chi connectivity index (χ4n) is 3.04. The van der Waals surface area contributed by atoms with Crippen molar-refractivity contribution in [2.24, 2.45) is 17.3 Å². The van der Waals surface area contributed by atoms with Crippen LogP contribution in [0.4, 0.5) is 4.79 Å². The zero-order valence-electron chi connectivity index (χ0n) is 12.1. The van der Waals surface area contributed by atoms with Crippen LogP contribution in [0.2, 0.25) is 0 Å². The van der Waals surface area contributed by atoms with Crippen molar-refractivity contribution in [2.75, 3.05) is 19.8 Å². The first kappa shape index (κ1) is 15.1. The number of carboxylic acid groups (broad SMARTS) is 1. The zero-order valence-corrected chi connectivity index (χ0v) is 12.1. The third kappa shape index (κ3) is 3.23. The monoisotopic (exact) mass is 284 g/mol. The third-order valence-electron chi connectivity index (χ3n) is 4.60. The summed E-state index contributed by atoms with van der Waals surface area (Å²) in [4.78, 5) is 23.1. The molecule has 0 aromatic heterocycles. The van der Waals surface area contributed by atoms with Gasteiger partial charge in [-0.15, -0.1) is 0 Å². The number of amides is 2. The summed E-state index contributed by atoms with van der Waals surface area (Å²) >= 11 is 0. The molecule has 1 saturated carbocycles. The van der Waals surface area contributed by atoms with E-state index in [1.807, 2.05) is 0 Å². The summed E-state index contributed by atoms with van der Waals surface area (Å²) in [5.41, 5.74) is -1.04. The van der Waals surface area contributed by atoms with Gasteiger partial charge in [0.1, 0.15) is 5.41 Å². The van der Waals surface area contributed by atoms with E-state index in [1.165, 1.54) is 6.42 Å². The predicted molar refractivity (Wildman–Crippen MR) is 73.4 cm³/mol. The lowest BCUT2D eigenvalue weighted by Crippen LogP contribution is -2.52. The van der Waals surface area contributed by atoms with Gasteiger partial charge in [-0.3, -0.25) is 4.79 Å². The molecule has 0 aromatic carbocycles. The van der Waals surface area contributed by atoms with Gasteiger partial charge in [0, 0.05) is 6.54 Å². The molecule has 1 aliphatic carbocycles. The fourth-order valence-corrected chi connectivity index (χ4v) is 3.04. The normalized spacial score (nSPS) is 36.8. The predicted octanol–water partition coefficient (Wildman–Crippen LogP) is 1.21. The lowest BCUT2D eigenvalue weighted by molar-refractivity contribution is -0.148. The smallest absolute Gasteiger partial charge is 0.315 e. The van der Waals surface area contributed by atoms with Crippen molar-refractivity contribution in [1.29, 1.82) is 0 Å². The summed E-state index contributed by atoms with van der Waals surface area (Å²) in [6, 6.07) is -0.782. The number of nitrogens with one attached hydrogen (secondary N) is 2. The highest BCUT2D eigenvalue weighted by Gasteiger charge is 2.47. The van der Waals surface area contributed by atoms with Crippen molar-refractivity contribution in [3.8, 4) is 0 Å². The van der Waals surface area contributed by atoms with Crippen LogP contribution in [0.3, 0.4) is 0 Å². The van der Waals surface area contributed by atoms with E-state index in [4.69, 9.17) is 4.74 Å². The average molecular weight is 284 g/mol. The van der Waals surface area contributed by atoms with Crippen LogP contribution in [-0.4, -0.2) is 42.9 Å². The SMILES string of the molecule is CC1CCC(CNC(=O)NC2COCC2(C)C(=O)O)C1. The van der Waals surface area contributed by atoms with E-state index in [1.54, 1.807) is 6.92 Å². The van der Waals surface area contributed by atoms with Crippen molar-refractivity contribution in [2.45, 2.75) is 39.2 Å². The lowest BCUT2D eigenvalue weighted by Gasteiger charge is -2.25. The number of urea groups is 1. The zero-order chi connectivity index (χ0) is 14.8. The topological polar surface area (TPSA) is 87.7 Å². The van der Waals surface area contributed by atoms with E-state index in [2.05, 4.69) is 17.6 Å².